The number of rotatable bonds is 2. The molecule has 0 saturated heterocycles. The number of fused-ring (bicyclic) bond motifs is 1. The lowest BCUT2D eigenvalue weighted by Crippen LogP contribution is -2.18. The highest BCUT2D eigenvalue weighted by Crippen LogP contribution is 2.30. The van der Waals surface area contributed by atoms with Crippen molar-refractivity contribution in [3.05, 3.63) is 47.0 Å². The SMILES string of the molecule is Cc1cc2c(n1Cc1cccnn1)CCCC2N. The highest BCUT2D eigenvalue weighted by atomic mass is 15.1. The van der Waals surface area contributed by atoms with Crippen LogP contribution >= 0.6 is 0 Å². The molecular weight excluding hydrogens is 224 g/mol. The van der Waals surface area contributed by atoms with Crippen LogP contribution in [-0.2, 0) is 13.0 Å². The Kier molecular flexibility index (Phi) is 2.88. The van der Waals surface area contributed by atoms with Gasteiger partial charge in [0.15, 0.2) is 0 Å². The zero-order valence-corrected chi connectivity index (χ0v) is 10.6. The Morgan fingerprint density at radius 1 is 1.50 bits per heavy atom. The maximum absolute atomic E-state index is 6.18. The van der Waals surface area contributed by atoms with Crippen LogP contribution in [0, 0.1) is 6.92 Å². The monoisotopic (exact) mass is 242 g/mol. The van der Waals surface area contributed by atoms with Gasteiger partial charge in [-0.3, -0.25) is 0 Å². The normalized spacial score (nSPS) is 18.7. The molecule has 2 aromatic heterocycles. The minimum atomic E-state index is 0.204. The van der Waals surface area contributed by atoms with Gasteiger partial charge in [-0.05, 0) is 49.9 Å². The fourth-order valence-electron chi connectivity index (χ4n) is 2.80. The third-order valence-corrected chi connectivity index (χ3v) is 3.73. The molecule has 0 aliphatic heterocycles. The van der Waals surface area contributed by atoms with Gasteiger partial charge < -0.3 is 10.3 Å². The zero-order chi connectivity index (χ0) is 12.5. The lowest BCUT2D eigenvalue weighted by atomic mass is 9.93. The number of nitrogens with zero attached hydrogens (tertiary/aromatic N) is 3. The van der Waals surface area contributed by atoms with E-state index in [4.69, 9.17) is 5.73 Å². The maximum atomic E-state index is 6.18. The molecule has 1 aliphatic carbocycles. The highest BCUT2D eigenvalue weighted by Gasteiger charge is 2.22. The first kappa shape index (κ1) is 11.4. The van der Waals surface area contributed by atoms with E-state index in [9.17, 15) is 0 Å². The standard InChI is InChI=1S/C14H18N4/c1-10-8-12-13(15)5-2-6-14(12)18(10)9-11-4-3-7-16-17-11/h3-4,7-8,13H,2,5-6,9,15H2,1H3. The van der Waals surface area contributed by atoms with Gasteiger partial charge in [-0.15, -0.1) is 0 Å². The molecule has 2 heterocycles. The quantitative estimate of drug-likeness (QED) is 0.876. The molecule has 0 amide bonds. The molecule has 0 spiro atoms. The molecule has 4 heteroatoms. The topological polar surface area (TPSA) is 56.7 Å². The van der Waals surface area contributed by atoms with Gasteiger partial charge in [0.2, 0.25) is 0 Å². The first-order valence-electron chi connectivity index (χ1n) is 6.47. The molecule has 0 radical (unpaired) electrons. The summed E-state index contributed by atoms with van der Waals surface area (Å²) >= 11 is 0. The summed E-state index contributed by atoms with van der Waals surface area (Å²) in [4.78, 5) is 0. The first-order chi connectivity index (χ1) is 8.75. The third-order valence-electron chi connectivity index (χ3n) is 3.73. The maximum Gasteiger partial charge on any atom is 0.0828 e. The Hall–Kier alpha value is -1.68. The number of nitrogens with two attached hydrogens (primary N) is 1. The predicted molar refractivity (Wildman–Crippen MR) is 70.2 cm³/mol. The van der Waals surface area contributed by atoms with Crippen LogP contribution in [0.1, 0.15) is 41.5 Å². The van der Waals surface area contributed by atoms with Gasteiger partial charge in [0.25, 0.3) is 0 Å². The van der Waals surface area contributed by atoms with Crippen molar-refractivity contribution in [1.29, 1.82) is 0 Å². The largest absolute Gasteiger partial charge is 0.343 e. The van der Waals surface area contributed by atoms with Crippen LogP contribution in [0.15, 0.2) is 24.4 Å². The van der Waals surface area contributed by atoms with Gasteiger partial charge in [-0.1, -0.05) is 0 Å². The second kappa shape index (κ2) is 4.53. The summed E-state index contributed by atoms with van der Waals surface area (Å²) in [6, 6.07) is 6.38. The van der Waals surface area contributed by atoms with E-state index in [1.807, 2.05) is 12.1 Å². The second-order valence-corrected chi connectivity index (χ2v) is 4.99. The fraction of sp³-hybridized carbons (Fsp3) is 0.429. The van der Waals surface area contributed by atoms with Gasteiger partial charge in [0.05, 0.1) is 12.2 Å². The minimum absolute atomic E-state index is 0.204. The van der Waals surface area contributed by atoms with Crippen LogP contribution in [0.4, 0.5) is 0 Å². The number of hydrogen-bond donors (Lipinski definition) is 1. The molecule has 3 rings (SSSR count). The lowest BCUT2D eigenvalue weighted by molar-refractivity contribution is 0.544. The van der Waals surface area contributed by atoms with Crippen LogP contribution in [0.5, 0.6) is 0 Å². The van der Waals surface area contributed by atoms with Crippen LogP contribution in [0.2, 0.25) is 0 Å². The Morgan fingerprint density at radius 2 is 2.39 bits per heavy atom. The molecule has 94 valence electrons. The average molecular weight is 242 g/mol. The average Bonchev–Trinajstić information content (AvgIpc) is 2.70. The van der Waals surface area contributed by atoms with Crippen molar-refractivity contribution in [3.8, 4) is 0 Å². The van der Waals surface area contributed by atoms with E-state index in [0.717, 1.165) is 25.1 Å². The Bertz CT molecular complexity index is 544. The van der Waals surface area contributed by atoms with Crippen molar-refractivity contribution in [2.24, 2.45) is 5.73 Å². The Labute approximate surface area is 107 Å². The molecule has 0 fully saturated rings. The number of aromatic nitrogens is 3. The second-order valence-electron chi connectivity index (χ2n) is 4.99. The van der Waals surface area contributed by atoms with E-state index in [2.05, 4.69) is 27.8 Å². The van der Waals surface area contributed by atoms with Crippen molar-refractivity contribution in [2.45, 2.75) is 38.8 Å². The smallest absolute Gasteiger partial charge is 0.0828 e. The van der Waals surface area contributed by atoms with Gasteiger partial charge in [0, 0.05) is 23.6 Å². The minimum Gasteiger partial charge on any atom is -0.343 e. The molecule has 0 aromatic carbocycles. The number of hydrogen-bond acceptors (Lipinski definition) is 3. The van der Waals surface area contributed by atoms with Gasteiger partial charge in [-0.25, -0.2) is 0 Å². The van der Waals surface area contributed by atoms with E-state index >= 15 is 0 Å². The molecule has 18 heavy (non-hydrogen) atoms. The Morgan fingerprint density at radius 3 is 3.17 bits per heavy atom. The van der Waals surface area contributed by atoms with Crippen LogP contribution in [0.3, 0.4) is 0 Å². The zero-order valence-electron chi connectivity index (χ0n) is 10.6. The van der Waals surface area contributed by atoms with Crippen LogP contribution < -0.4 is 5.73 Å². The summed E-state index contributed by atoms with van der Waals surface area (Å²) in [6.45, 7) is 2.93. The number of aryl methyl sites for hydroxylation is 1. The molecule has 0 bridgehead atoms. The van der Waals surface area contributed by atoms with Crippen molar-refractivity contribution in [1.82, 2.24) is 14.8 Å². The van der Waals surface area contributed by atoms with E-state index in [1.165, 1.54) is 23.4 Å². The van der Waals surface area contributed by atoms with Crippen molar-refractivity contribution in [3.63, 3.8) is 0 Å². The van der Waals surface area contributed by atoms with Crippen molar-refractivity contribution >= 4 is 0 Å². The molecule has 1 atom stereocenters. The molecule has 2 aromatic rings. The van der Waals surface area contributed by atoms with Gasteiger partial charge >= 0.3 is 0 Å². The predicted octanol–water partition coefficient (Wildman–Crippen LogP) is 1.97. The van der Waals surface area contributed by atoms with Crippen LogP contribution in [-0.4, -0.2) is 14.8 Å². The summed E-state index contributed by atoms with van der Waals surface area (Å²) < 4.78 is 2.33. The molecular formula is C14H18N4. The summed E-state index contributed by atoms with van der Waals surface area (Å²) in [5.74, 6) is 0. The summed E-state index contributed by atoms with van der Waals surface area (Å²) in [7, 11) is 0. The first-order valence-corrected chi connectivity index (χ1v) is 6.47. The highest BCUT2D eigenvalue weighted by molar-refractivity contribution is 5.33. The van der Waals surface area contributed by atoms with E-state index in [-0.39, 0.29) is 6.04 Å². The summed E-state index contributed by atoms with van der Waals surface area (Å²) in [5.41, 5.74) is 11.2. The van der Waals surface area contributed by atoms with Crippen molar-refractivity contribution < 1.29 is 0 Å². The van der Waals surface area contributed by atoms with Gasteiger partial charge in [0.1, 0.15) is 0 Å². The third kappa shape index (κ3) is 1.93. The Balaban J connectivity index is 1.97. The molecule has 2 N–H and O–H groups in total. The van der Waals surface area contributed by atoms with E-state index < -0.39 is 0 Å². The van der Waals surface area contributed by atoms with Gasteiger partial charge in [-0.2, -0.15) is 10.2 Å². The van der Waals surface area contributed by atoms with E-state index in [0.29, 0.717) is 0 Å². The molecule has 4 nitrogen and oxygen atoms in total. The molecule has 0 saturated carbocycles. The summed E-state index contributed by atoms with van der Waals surface area (Å²) in [5, 5.41) is 8.09. The fourth-order valence-corrected chi connectivity index (χ4v) is 2.80. The lowest BCUT2D eigenvalue weighted by Gasteiger charge is -2.21. The molecule has 1 aliphatic rings. The summed E-state index contributed by atoms with van der Waals surface area (Å²) in [6.07, 6.45) is 5.11. The van der Waals surface area contributed by atoms with E-state index in [1.54, 1.807) is 6.20 Å². The van der Waals surface area contributed by atoms with Crippen LogP contribution in [0.25, 0.3) is 0 Å². The molecule has 1 unspecified atom stereocenters. The van der Waals surface area contributed by atoms with Crippen molar-refractivity contribution in [2.75, 3.05) is 0 Å².